The van der Waals surface area contributed by atoms with Crippen LogP contribution in [0.3, 0.4) is 0 Å². The maximum absolute atomic E-state index is 11.7. The van der Waals surface area contributed by atoms with Crippen LogP contribution < -0.4 is 5.73 Å². The van der Waals surface area contributed by atoms with Crippen LogP contribution in [0.1, 0.15) is 26.2 Å². The van der Waals surface area contributed by atoms with Gasteiger partial charge in [0.15, 0.2) is 0 Å². The molecular formula is C12H19NO3S. The highest BCUT2D eigenvalue weighted by Gasteiger charge is 2.34. The second-order valence-corrected chi connectivity index (χ2v) is 5.65. The average molecular weight is 257 g/mol. The van der Waals surface area contributed by atoms with E-state index in [1.807, 2.05) is 6.92 Å². The van der Waals surface area contributed by atoms with E-state index in [2.05, 4.69) is 0 Å². The van der Waals surface area contributed by atoms with E-state index in [-0.39, 0.29) is 5.97 Å². The van der Waals surface area contributed by atoms with Crippen LogP contribution in [0, 0.1) is 5.92 Å². The summed E-state index contributed by atoms with van der Waals surface area (Å²) < 4.78 is 10.4. The van der Waals surface area contributed by atoms with Crippen LogP contribution in [-0.4, -0.2) is 31.0 Å². The van der Waals surface area contributed by atoms with Gasteiger partial charge in [0.1, 0.15) is 0 Å². The maximum atomic E-state index is 11.7. The molecule has 17 heavy (non-hydrogen) atoms. The van der Waals surface area contributed by atoms with Gasteiger partial charge in [-0.2, -0.15) is 0 Å². The zero-order valence-corrected chi connectivity index (χ0v) is 10.9. The van der Waals surface area contributed by atoms with Gasteiger partial charge >= 0.3 is 5.97 Å². The number of ether oxygens (including phenoxy) is 2. The highest BCUT2D eigenvalue weighted by atomic mass is 32.2. The average Bonchev–Trinajstić information content (AvgIpc) is 2.73. The second kappa shape index (κ2) is 5.78. The first kappa shape index (κ1) is 12.8. The Bertz CT molecular complexity index is 324. The van der Waals surface area contributed by atoms with Crippen LogP contribution in [0.5, 0.6) is 0 Å². The van der Waals surface area contributed by atoms with Gasteiger partial charge in [-0.3, -0.25) is 0 Å². The molecule has 0 amide bonds. The van der Waals surface area contributed by atoms with Gasteiger partial charge < -0.3 is 15.2 Å². The second-order valence-electron chi connectivity index (χ2n) is 4.37. The van der Waals surface area contributed by atoms with E-state index < -0.39 is 0 Å². The lowest BCUT2D eigenvalue weighted by molar-refractivity contribution is -0.138. The number of carbonyl (C=O) groups excluding carboxylic acids is 1. The van der Waals surface area contributed by atoms with Gasteiger partial charge in [0, 0.05) is 18.5 Å². The van der Waals surface area contributed by atoms with E-state index in [1.165, 1.54) is 0 Å². The Labute approximate surface area is 106 Å². The lowest BCUT2D eigenvalue weighted by Crippen LogP contribution is -2.24. The van der Waals surface area contributed by atoms with Crippen molar-refractivity contribution in [3.05, 3.63) is 10.6 Å². The van der Waals surface area contributed by atoms with Crippen LogP contribution in [0.15, 0.2) is 10.6 Å². The molecule has 4 nitrogen and oxygen atoms in total. The molecule has 0 bridgehead atoms. The highest BCUT2D eigenvalue weighted by molar-refractivity contribution is 8.03. The fourth-order valence-electron chi connectivity index (χ4n) is 2.33. The van der Waals surface area contributed by atoms with Crippen molar-refractivity contribution in [1.82, 2.24) is 0 Å². The minimum atomic E-state index is -0.243. The van der Waals surface area contributed by atoms with E-state index in [1.54, 1.807) is 11.8 Å². The van der Waals surface area contributed by atoms with Gasteiger partial charge in [-0.05, 0) is 32.1 Å². The first-order valence-corrected chi connectivity index (χ1v) is 7.00. The quantitative estimate of drug-likeness (QED) is 0.779. The molecule has 0 aromatic rings. The zero-order chi connectivity index (χ0) is 12.3. The van der Waals surface area contributed by atoms with Gasteiger partial charge in [-0.25, -0.2) is 4.79 Å². The van der Waals surface area contributed by atoms with Gasteiger partial charge in [0.2, 0.25) is 0 Å². The molecule has 0 radical (unpaired) electrons. The number of thioether (sulfide) groups is 1. The molecule has 0 aromatic heterocycles. The predicted octanol–water partition coefficient (Wildman–Crippen LogP) is 1.65. The van der Waals surface area contributed by atoms with Crippen LogP contribution in [-0.2, 0) is 14.3 Å². The molecule has 0 aromatic carbocycles. The molecule has 2 aliphatic rings. The maximum Gasteiger partial charge on any atom is 0.336 e. The smallest absolute Gasteiger partial charge is 0.336 e. The molecule has 0 aliphatic carbocycles. The Morgan fingerprint density at radius 1 is 1.53 bits per heavy atom. The molecule has 1 saturated heterocycles. The van der Waals surface area contributed by atoms with Crippen molar-refractivity contribution in [1.29, 1.82) is 0 Å². The van der Waals surface area contributed by atoms with Gasteiger partial charge in [-0.15, -0.1) is 11.8 Å². The summed E-state index contributed by atoms with van der Waals surface area (Å²) in [4.78, 5) is 11.7. The van der Waals surface area contributed by atoms with Crippen molar-refractivity contribution in [3.8, 4) is 0 Å². The third kappa shape index (κ3) is 2.96. The summed E-state index contributed by atoms with van der Waals surface area (Å²) in [6.07, 6.45) is 2.89. The lowest BCUT2D eigenvalue weighted by atomic mass is 9.92. The fraction of sp³-hybridized carbons (Fsp3) is 0.750. The van der Waals surface area contributed by atoms with E-state index in [0.717, 1.165) is 32.5 Å². The minimum absolute atomic E-state index is 0.243. The molecule has 2 rings (SSSR count). The molecule has 0 spiro atoms. The lowest BCUT2D eigenvalue weighted by Gasteiger charge is -2.26. The third-order valence-electron chi connectivity index (χ3n) is 3.29. The normalized spacial score (nSPS) is 26.3. The summed E-state index contributed by atoms with van der Waals surface area (Å²) in [5.74, 6) is 0.367. The van der Waals surface area contributed by atoms with Crippen LogP contribution in [0.4, 0.5) is 0 Å². The van der Waals surface area contributed by atoms with Crippen LogP contribution in [0.25, 0.3) is 0 Å². The summed E-state index contributed by atoms with van der Waals surface area (Å²) in [6.45, 7) is 3.88. The Morgan fingerprint density at radius 2 is 2.24 bits per heavy atom. The monoisotopic (exact) mass is 257 g/mol. The van der Waals surface area contributed by atoms with Crippen molar-refractivity contribution in [2.45, 2.75) is 31.4 Å². The predicted molar refractivity (Wildman–Crippen MR) is 67.4 cm³/mol. The highest BCUT2D eigenvalue weighted by Crippen LogP contribution is 2.42. The number of hydrogen-bond donors (Lipinski definition) is 1. The van der Waals surface area contributed by atoms with Crippen molar-refractivity contribution in [2.24, 2.45) is 11.7 Å². The molecule has 96 valence electrons. The summed E-state index contributed by atoms with van der Waals surface area (Å²) >= 11 is 1.64. The van der Waals surface area contributed by atoms with E-state index in [9.17, 15) is 4.79 Å². The first-order valence-electron chi connectivity index (χ1n) is 6.12. The number of hydrogen-bond acceptors (Lipinski definition) is 5. The van der Waals surface area contributed by atoms with Crippen molar-refractivity contribution in [2.75, 3.05) is 19.8 Å². The van der Waals surface area contributed by atoms with E-state index in [0.29, 0.717) is 28.4 Å². The van der Waals surface area contributed by atoms with Crippen molar-refractivity contribution in [3.63, 3.8) is 0 Å². The standard InChI is InChI=1S/C12H19NO3S/c1-2-16-12(14)9-7-10(17-11(9)13)8-3-5-15-6-4-8/h8,10H,2-7,13H2,1H3. The van der Waals surface area contributed by atoms with Crippen LogP contribution in [0.2, 0.25) is 0 Å². The molecule has 1 atom stereocenters. The number of nitrogens with two attached hydrogens (primary N) is 1. The van der Waals surface area contributed by atoms with E-state index in [4.69, 9.17) is 15.2 Å². The summed E-state index contributed by atoms with van der Waals surface area (Å²) in [5.41, 5.74) is 6.59. The zero-order valence-electron chi connectivity index (χ0n) is 10.1. The summed E-state index contributed by atoms with van der Waals surface area (Å²) in [7, 11) is 0. The number of carbonyl (C=O) groups is 1. The molecule has 0 saturated carbocycles. The molecular weight excluding hydrogens is 238 g/mol. The molecule has 1 unspecified atom stereocenters. The molecule has 5 heteroatoms. The Hall–Kier alpha value is -0.680. The third-order valence-corrected chi connectivity index (χ3v) is 4.65. The van der Waals surface area contributed by atoms with Crippen LogP contribution >= 0.6 is 11.8 Å². The van der Waals surface area contributed by atoms with Crippen molar-refractivity contribution < 1.29 is 14.3 Å². The largest absolute Gasteiger partial charge is 0.463 e. The Morgan fingerprint density at radius 3 is 2.88 bits per heavy atom. The Kier molecular flexibility index (Phi) is 4.34. The van der Waals surface area contributed by atoms with E-state index >= 15 is 0 Å². The topological polar surface area (TPSA) is 61.5 Å². The SMILES string of the molecule is CCOC(=O)C1=C(N)SC(C2CCOCC2)C1. The van der Waals surface area contributed by atoms with Crippen molar-refractivity contribution >= 4 is 17.7 Å². The first-order chi connectivity index (χ1) is 8.22. The molecule has 2 heterocycles. The van der Waals surface area contributed by atoms with Gasteiger partial charge in [0.05, 0.1) is 17.2 Å². The number of esters is 1. The van der Waals surface area contributed by atoms with Gasteiger partial charge in [-0.1, -0.05) is 0 Å². The van der Waals surface area contributed by atoms with Gasteiger partial charge in [0.25, 0.3) is 0 Å². The summed E-state index contributed by atoms with van der Waals surface area (Å²) in [5, 5.41) is 1.08. The molecule has 1 fully saturated rings. The summed E-state index contributed by atoms with van der Waals surface area (Å²) in [6, 6.07) is 0. The fourth-order valence-corrected chi connectivity index (χ4v) is 3.68. The Balaban J connectivity index is 1.93. The minimum Gasteiger partial charge on any atom is -0.463 e. The number of rotatable bonds is 3. The molecule has 2 N–H and O–H groups in total. The molecule has 2 aliphatic heterocycles.